The average Bonchev–Trinajstić information content (AvgIpc) is 2.79. The highest BCUT2D eigenvalue weighted by atomic mass is 35.5. The lowest BCUT2D eigenvalue weighted by Crippen LogP contribution is -2.33. The van der Waals surface area contributed by atoms with Crippen molar-refractivity contribution in [3.63, 3.8) is 0 Å². The second kappa shape index (κ2) is 13.9. The van der Waals surface area contributed by atoms with Gasteiger partial charge in [0.25, 0.3) is 5.91 Å². The van der Waals surface area contributed by atoms with E-state index in [1.807, 2.05) is 18.2 Å². The number of hydrogen-bond donors (Lipinski definition) is 1. The fourth-order valence-electron chi connectivity index (χ4n) is 3.94. The van der Waals surface area contributed by atoms with E-state index in [-0.39, 0.29) is 23.6 Å². The van der Waals surface area contributed by atoms with Crippen LogP contribution in [-0.4, -0.2) is 29.0 Å². The number of amides is 1. The Balaban J connectivity index is 1.91. The second-order valence-electron chi connectivity index (χ2n) is 8.18. The van der Waals surface area contributed by atoms with Crippen molar-refractivity contribution in [2.24, 2.45) is 0 Å². The highest BCUT2D eigenvalue weighted by Crippen LogP contribution is 2.35. The van der Waals surface area contributed by atoms with Crippen molar-refractivity contribution in [2.75, 3.05) is 13.1 Å². The first-order valence-electron chi connectivity index (χ1n) is 11.7. The third-order valence-corrected chi connectivity index (χ3v) is 6.07. The molecule has 0 aliphatic carbocycles. The maximum atomic E-state index is 13.2. The summed E-state index contributed by atoms with van der Waals surface area (Å²) in [7, 11) is 0. The van der Waals surface area contributed by atoms with Crippen molar-refractivity contribution in [3.05, 3.63) is 40.9 Å². The zero-order valence-corrected chi connectivity index (χ0v) is 19.5. The molecular weight excluding hydrogens is 408 g/mol. The van der Waals surface area contributed by atoms with Crippen LogP contribution in [-0.2, 0) is 0 Å². The molecule has 1 N–H and O–H groups in total. The molecule has 0 saturated carbocycles. The number of halogens is 1. The van der Waals surface area contributed by atoms with E-state index in [1.165, 1.54) is 51.4 Å². The van der Waals surface area contributed by atoms with Gasteiger partial charge in [-0.15, -0.1) is 0 Å². The highest BCUT2D eigenvalue weighted by molar-refractivity contribution is 6.36. The molecule has 0 aliphatic rings. The summed E-state index contributed by atoms with van der Waals surface area (Å²) >= 11 is 6.37. The van der Waals surface area contributed by atoms with Crippen LogP contribution in [0.2, 0.25) is 5.02 Å². The fraction of sp³-hybridized carbons (Fsp3) is 0.538. The van der Waals surface area contributed by atoms with Crippen molar-refractivity contribution < 1.29 is 9.90 Å². The molecule has 0 unspecified atom stereocenters. The second-order valence-corrected chi connectivity index (χ2v) is 8.59. The molecule has 0 atom stereocenters. The molecule has 5 heteroatoms. The Morgan fingerprint density at radius 3 is 2.16 bits per heavy atom. The van der Waals surface area contributed by atoms with Gasteiger partial charge in [0.2, 0.25) is 0 Å². The van der Waals surface area contributed by atoms with Gasteiger partial charge in [0.1, 0.15) is 5.75 Å². The first-order valence-corrected chi connectivity index (χ1v) is 12.0. The lowest BCUT2D eigenvalue weighted by molar-refractivity contribution is 0.0753. The fourth-order valence-corrected chi connectivity index (χ4v) is 4.21. The lowest BCUT2D eigenvalue weighted by atomic mass is 10.0. The summed E-state index contributed by atoms with van der Waals surface area (Å²) in [6, 6.07) is 10.9. The SMILES string of the molecule is CCCCCCCCCCCCN(CCC#N)C(=O)c1cc(Cl)c2ccccc2c1O. The highest BCUT2D eigenvalue weighted by Gasteiger charge is 2.21. The van der Waals surface area contributed by atoms with Crippen LogP contribution in [0.15, 0.2) is 30.3 Å². The summed E-state index contributed by atoms with van der Waals surface area (Å²) in [5.74, 6) is -0.314. The first kappa shape index (κ1) is 25.0. The Morgan fingerprint density at radius 1 is 0.968 bits per heavy atom. The number of fused-ring (bicyclic) bond motifs is 1. The minimum Gasteiger partial charge on any atom is -0.506 e. The molecule has 0 heterocycles. The average molecular weight is 443 g/mol. The molecule has 2 aromatic carbocycles. The summed E-state index contributed by atoms with van der Waals surface area (Å²) < 4.78 is 0. The minimum absolute atomic E-state index is 0.0463. The van der Waals surface area contributed by atoms with E-state index in [1.54, 1.807) is 17.0 Å². The Kier molecular flexibility index (Phi) is 11.2. The van der Waals surface area contributed by atoms with Gasteiger partial charge >= 0.3 is 0 Å². The summed E-state index contributed by atoms with van der Waals surface area (Å²) in [4.78, 5) is 14.8. The van der Waals surface area contributed by atoms with Crippen molar-refractivity contribution in [1.82, 2.24) is 4.90 Å². The van der Waals surface area contributed by atoms with E-state index in [9.17, 15) is 9.90 Å². The number of phenolic OH excluding ortho intramolecular Hbond substituents is 1. The molecule has 31 heavy (non-hydrogen) atoms. The van der Waals surface area contributed by atoms with E-state index in [4.69, 9.17) is 16.9 Å². The number of unbranched alkanes of at least 4 members (excludes halogenated alkanes) is 9. The van der Waals surface area contributed by atoms with Gasteiger partial charge in [-0.05, 0) is 12.5 Å². The number of carbonyl (C=O) groups is 1. The van der Waals surface area contributed by atoms with Gasteiger partial charge in [-0.2, -0.15) is 5.26 Å². The van der Waals surface area contributed by atoms with Gasteiger partial charge in [0.05, 0.1) is 18.1 Å². The quantitative estimate of drug-likeness (QED) is 0.308. The van der Waals surface area contributed by atoms with Crippen molar-refractivity contribution in [3.8, 4) is 11.8 Å². The molecule has 0 fully saturated rings. The molecule has 0 saturated heterocycles. The predicted molar refractivity (Wildman–Crippen MR) is 129 cm³/mol. The van der Waals surface area contributed by atoms with Gasteiger partial charge in [-0.25, -0.2) is 0 Å². The third-order valence-electron chi connectivity index (χ3n) is 5.76. The van der Waals surface area contributed by atoms with Gasteiger partial charge in [0, 0.05) is 28.9 Å². The van der Waals surface area contributed by atoms with Crippen molar-refractivity contribution in [2.45, 2.75) is 77.6 Å². The number of aromatic hydroxyl groups is 1. The number of nitrogens with zero attached hydrogens (tertiary/aromatic N) is 2. The topological polar surface area (TPSA) is 64.3 Å². The Bertz CT molecular complexity index is 876. The van der Waals surface area contributed by atoms with Crippen LogP contribution in [0.4, 0.5) is 0 Å². The van der Waals surface area contributed by atoms with Crippen molar-refractivity contribution >= 4 is 28.3 Å². The summed E-state index contributed by atoms with van der Waals surface area (Å²) in [6.45, 7) is 3.18. The number of benzene rings is 2. The Hall–Kier alpha value is -2.25. The van der Waals surface area contributed by atoms with Crippen LogP contribution >= 0.6 is 11.6 Å². The standard InChI is InChI=1S/C26H35ClN2O2/c1-2-3-4-5-6-7-8-9-10-13-18-29(19-14-17-28)26(31)23-20-24(27)21-15-11-12-16-22(21)25(23)30/h11-12,15-16,20,30H,2-10,13-14,18-19H2,1H3. The largest absolute Gasteiger partial charge is 0.506 e. The van der Waals surface area contributed by atoms with Crippen LogP contribution in [0.1, 0.15) is 87.9 Å². The molecule has 1 amide bonds. The van der Waals surface area contributed by atoms with Gasteiger partial charge in [-0.3, -0.25) is 4.79 Å². The van der Waals surface area contributed by atoms with Crippen LogP contribution in [0.25, 0.3) is 10.8 Å². The number of phenols is 1. The normalized spacial score (nSPS) is 10.9. The first-order chi connectivity index (χ1) is 15.1. The Labute approximate surface area is 191 Å². The summed E-state index contributed by atoms with van der Waals surface area (Å²) in [5, 5.41) is 21.4. The van der Waals surface area contributed by atoms with E-state index in [0.717, 1.165) is 18.2 Å². The molecular formula is C26H35ClN2O2. The molecule has 0 aliphatic heterocycles. The van der Waals surface area contributed by atoms with Crippen LogP contribution in [0, 0.1) is 11.3 Å². The summed E-state index contributed by atoms with van der Waals surface area (Å²) in [6.07, 6.45) is 12.5. The number of hydrogen-bond acceptors (Lipinski definition) is 3. The molecule has 0 aromatic heterocycles. The maximum Gasteiger partial charge on any atom is 0.257 e. The number of nitriles is 1. The van der Waals surface area contributed by atoms with Crippen LogP contribution in [0.5, 0.6) is 5.75 Å². The van der Waals surface area contributed by atoms with Crippen LogP contribution < -0.4 is 0 Å². The minimum atomic E-state index is -0.267. The van der Waals surface area contributed by atoms with Crippen molar-refractivity contribution in [1.29, 1.82) is 5.26 Å². The predicted octanol–water partition coefficient (Wildman–Crippen LogP) is 7.48. The smallest absolute Gasteiger partial charge is 0.257 e. The molecule has 4 nitrogen and oxygen atoms in total. The van der Waals surface area contributed by atoms with E-state index in [2.05, 4.69) is 13.0 Å². The molecule has 0 radical (unpaired) electrons. The molecule has 2 aromatic rings. The zero-order chi connectivity index (χ0) is 22.5. The third kappa shape index (κ3) is 7.74. The van der Waals surface area contributed by atoms with E-state index in [0.29, 0.717) is 23.5 Å². The maximum absolute atomic E-state index is 13.2. The van der Waals surface area contributed by atoms with Gasteiger partial charge < -0.3 is 10.0 Å². The summed E-state index contributed by atoms with van der Waals surface area (Å²) in [5.41, 5.74) is 0.203. The van der Waals surface area contributed by atoms with Gasteiger partial charge in [-0.1, -0.05) is 101 Å². The monoisotopic (exact) mass is 442 g/mol. The van der Waals surface area contributed by atoms with Crippen LogP contribution in [0.3, 0.4) is 0 Å². The zero-order valence-electron chi connectivity index (χ0n) is 18.7. The van der Waals surface area contributed by atoms with Gasteiger partial charge in [0.15, 0.2) is 0 Å². The van der Waals surface area contributed by atoms with E-state index >= 15 is 0 Å². The number of rotatable bonds is 14. The van der Waals surface area contributed by atoms with E-state index < -0.39 is 0 Å². The molecule has 168 valence electrons. The Morgan fingerprint density at radius 2 is 1.55 bits per heavy atom. The molecule has 0 bridgehead atoms. The number of carbonyl (C=O) groups excluding carboxylic acids is 1. The molecule has 0 spiro atoms. The molecule has 2 rings (SSSR count). The lowest BCUT2D eigenvalue weighted by Gasteiger charge is -2.23.